The number of nitrogens with zero attached hydrogens (tertiary/aromatic N) is 4. The van der Waals surface area contributed by atoms with Gasteiger partial charge in [0.2, 0.25) is 0 Å². The second-order valence-corrected chi connectivity index (χ2v) is 3.67. The van der Waals surface area contributed by atoms with Crippen molar-refractivity contribution in [3.05, 3.63) is 36.4 Å². The standard InChI is InChI=1S/C10H9N4P/c15-6-8-12-10-9-7(2-1-4-11-9)3-5-14(10)13-8/h1-5H,6,15H2. The van der Waals surface area contributed by atoms with Crippen LogP contribution in [0.4, 0.5) is 0 Å². The number of rotatable bonds is 1. The molecule has 0 saturated heterocycles. The zero-order valence-corrected chi connectivity index (χ0v) is 9.11. The van der Waals surface area contributed by atoms with Crippen LogP contribution in [0.2, 0.25) is 0 Å². The quantitative estimate of drug-likeness (QED) is 0.581. The maximum Gasteiger partial charge on any atom is 0.181 e. The molecule has 0 aliphatic carbocycles. The maximum absolute atomic E-state index is 4.43. The molecule has 0 aliphatic rings. The summed E-state index contributed by atoms with van der Waals surface area (Å²) in [7, 11) is 2.62. The third-order valence-corrected chi connectivity index (χ3v) is 2.67. The molecule has 15 heavy (non-hydrogen) atoms. The molecule has 3 aromatic heterocycles. The van der Waals surface area contributed by atoms with E-state index >= 15 is 0 Å². The zero-order valence-electron chi connectivity index (χ0n) is 7.96. The summed E-state index contributed by atoms with van der Waals surface area (Å²) in [4.78, 5) is 8.75. The van der Waals surface area contributed by atoms with Gasteiger partial charge in [-0.1, -0.05) is 6.07 Å². The highest BCUT2D eigenvalue weighted by atomic mass is 31.0. The number of pyridine rings is 2. The third-order valence-electron chi connectivity index (χ3n) is 2.30. The van der Waals surface area contributed by atoms with Gasteiger partial charge in [0.05, 0.1) is 0 Å². The summed E-state index contributed by atoms with van der Waals surface area (Å²) in [5.74, 6) is 0.818. The first-order valence-electron chi connectivity index (χ1n) is 4.67. The van der Waals surface area contributed by atoms with Crippen molar-refractivity contribution in [2.45, 2.75) is 6.16 Å². The Balaban J connectivity index is 2.47. The lowest BCUT2D eigenvalue weighted by molar-refractivity contribution is 0.927. The highest BCUT2D eigenvalue weighted by Crippen LogP contribution is 2.15. The second-order valence-electron chi connectivity index (χ2n) is 3.26. The Hall–Kier alpha value is -1.54. The highest BCUT2D eigenvalue weighted by Gasteiger charge is 2.05. The van der Waals surface area contributed by atoms with E-state index < -0.39 is 0 Å². The molecule has 4 nitrogen and oxygen atoms in total. The van der Waals surface area contributed by atoms with Crippen molar-refractivity contribution < 1.29 is 0 Å². The summed E-state index contributed by atoms with van der Waals surface area (Å²) in [5, 5.41) is 5.42. The zero-order chi connectivity index (χ0) is 10.3. The van der Waals surface area contributed by atoms with Gasteiger partial charge in [0.15, 0.2) is 11.5 Å². The molecular weight excluding hydrogens is 207 g/mol. The van der Waals surface area contributed by atoms with Gasteiger partial charge in [-0.3, -0.25) is 4.98 Å². The lowest BCUT2D eigenvalue weighted by atomic mass is 10.2. The van der Waals surface area contributed by atoms with Crippen LogP contribution in [0.25, 0.3) is 16.6 Å². The molecule has 3 rings (SSSR count). The summed E-state index contributed by atoms with van der Waals surface area (Å²) < 4.78 is 1.77. The minimum absolute atomic E-state index is 0.760. The predicted molar refractivity (Wildman–Crippen MR) is 61.7 cm³/mol. The van der Waals surface area contributed by atoms with E-state index in [0.717, 1.165) is 28.5 Å². The monoisotopic (exact) mass is 216 g/mol. The van der Waals surface area contributed by atoms with E-state index in [1.165, 1.54) is 0 Å². The minimum Gasteiger partial charge on any atom is -0.252 e. The Morgan fingerprint density at radius 2 is 2.27 bits per heavy atom. The van der Waals surface area contributed by atoms with Crippen LogP contribution in [0.5, 0.6) is 0 Å². The van der Waals surface area contributed by atoms with Gasteiger partial charge >= 0.3 is 0 Å². The van der Waals surface area contributed by atoms with Crippen LogP contribution in [-0.4, -0.2) is 19.6 Å². The van der Waals surface area contributed by atoms with Gasteiger partial charge in [-0.2, -0.15) is 5.10 Å². The first kappa shape index (κ1) is 8.74. The highest BCUT2D eigenvalue weighted by molar-refractivity contribution is 7.15. The number of aromatic nitrogens is 4. The molecule has 0 amide bonds. The minimum atomic E-state index is 0.760. The van der Waals surface area contributed by atoms with Crippen molar-refractivity contribution >= 4 is 25.8 Å². The Morgan fingerprint density at radius 1 is 1.33 bits per heavy atom. The largest absolute Gasteiger partial charge is 0.252 e. The van der Waals surface area contributed by atoms with Crippen molar-refractivity contribution in [3.63, 3.8) is 0 Å². The Morgan fingerprint density at radius 3 is 3.13 bits per heavy atom. The molecular formula is C10H9N4P. The topological polar surface area (TPSA) is 43.1 Å². The summed E-state index contributed by atoms with van der Waals surface area (Å²) >= 11 is 0. The molecule has 0 spiro atoms. The molecule has 0 bridgehead atoms. The van der Waals surface area contributed by atoms with Gasteiger partial charge in [-0.15, -0.1) is 9.24 Å². The van der Waals surface area contributed by atoms with Crippen LogP contribution in [0.3, 0.4) is 0 Å². The average Bonchev–Trinajstić information content (AvgIpc) is 2.72. The molecule has 0 radical (unpaired) electrons. The summed E-state index contributed by atoms with van der Waals surface area (Å²) in [6.45, 7) is 0. The second kappa shape index (κ2) is 3.24. The van der Waals surface area contributed by atoms with Gasteiger partial charge in [0.1, 0.15) is 5.52 Å². The van der Waals surface area contributed by atoms with E-state index in [1.807, 2.05) is 24.4 Å². The molecule has 3 heterocycles. The number of fused-ring (bicyclic) bond motifs is 3. The van der Waals surface area contributed by atoms with Crippen molar-refractivity contribution in [2.75, 3.05) is 0 Å². The normalized spacial score (nSPS) is 11.3. The summed E-state index contributed by atoms with van der Waals surface area (Å²) in [6, 6.07) is 5.94. The van der Waals surface area contributed by atoms with E-state index in [1.54, 1.807) is 10.7 Å². The molecule has 0 N–H and O–H groups in total. The number of hydrogen-bond acceptors (Lipinski definition) is 3. The molecule has 0 aromatic carbocycles. The molecule has 1 unspecified atom stereocenters. The Kier molecular flexibility index (Phi) is 1.89. The van der Waals surface area contributed by atoms with E-state index in [4.69, 9.17) is 0 Å². The molecule has 74 valence electrons. The smallest absolute Gasteiger partial charge is 0.181 e. The lowest BCUT2D eigenvalue weighted by Gasteiger charge is -1.96. The molecule has 0 saturated carbocycles. The van der Waals surface area contributed by atoms with Crippen LogP contribution in [-0.2, 0) is 6.16 Å². The van der Waals surface area contributed by atoms with Gasteiger partial charge in [0, 0.05) is 23.9 Å². The van der Waals surface area contributed by atoms with Crippen LogP contribution in [0.1, 0.15) is 5.82 Å². The fourth-order valence-electron chi connectivity index (χ4n) is 1.61. The van der Waals surface area contributed by atoms with Crippen LogP contribution < -0.4 is 0 Å². The van der Waals surface area contributed by atoms with Gasteiger partial charge in [-0.05, 0) is 12.1 Å². The van der Waals surface area contributed by atoms with Crippen LogP contribution in [0, 0.1) is 0 Å². The molecule has 1 atom stereocenters. The molecule has 5 heteroatoms. The average molecular weight is 216 g/mol. The number of hydrogen-bond donors (Lipinski definition) is 0. The van der Waals surface area contributed by atoms with Gasteiger partial charge in [0.25, 0.3) is 0 Å². The van der Waals surface area contributed by atoms with Crippen LogP contribution >= 0.6 is 9.24 Å². The van der Waals surface area contributed by atoms with Gasteiger partial charge < -0.3 is 0 Å². The van der Waals surface area contributed by atoms with E-state index in [9.17, 15) is 0 Å². The molecule has 0 fully saturated rings. The van der Waals surface area contributed by atoms with Crippen molar-refractivity contribution in [1.82, 2.24) is 19.6 Å². The van der Waals surface area contributed by atoms with Gasteiger partial charge in [-0.25, -0.2) is 9.50 Å². The summed E-state index contributed by atoms with van der Waals surface area (Å²) in [5.41, 5.74) is 1.72. The first-order chi connectivity index (χ1) is 7.38. The van der Waals surface area contributed by atoms with Crippen molar-refractivity contribution in [1.29, 1.82) is 0 Å². The van der Waals surface area contributed by atoms with E-state index in [2.05, 4.69) is 24.3 Å². The fourth-order valence-corrected chi connectivity index (χ4v) is 1.78. The fraction of sp³-hybridized carbons (Fsp3) is 0.100. The Labute approximate surface area is 88.6 Å². The Bertz CT molecular complexity index is 631. The lowest BCUT2D eigenvalue weighted by Crippen LogP contribution is -1.89. The first-order valence-corrected chi connectivity index (χ1v) is 5.49. The van der Waals surface area contributed by atoms with Crippen LogP contribution in [0.15, 0.2) is 30.6 Å². The van der Waals surface area contributed by atoms with Crippen molar-refractivity contribution in [2.24, 2.45) is 0 Å². The molecule has 3 aromatic rings. The predicted octanol–water partition coefficient (Wildman–Crippen LogP) is 1.65. The maximum atomic E-state index is 4.43. The molecule has 0 aliphatic heterocycles. The third kappa shape index (κ3) is 1.29. The van der Waals surface area contributed by atoms with E-state index in [0.29, 0.717) is 0 Å². The van der Waals surface area contributed by atoms with Crippen molar-refractivity contribution in [3.8, 4) is 0 Å². The van der Waals surface area contributed by atoms with E-state index in [-0.39, 0.29) is 0 Å². The SMILES string of the molecule is PCc1nc2c3ncccc3ccn2n1. The summed E-state index contributed by atoms with van der Waals surface area (Å²) in [6.07, 6.45) is 4.45.